The predicted octanol–water partition coefficient (Wildman–Crippen LogP) is 4.63. The van der Waals surface area contributed by atoms with Gasteiger partial charge in [0.15, 0.2) is 0 Å². The smallest absolute Gasteiger partial charge is 0.234 e. The summed E-state index contributed by atoms with van der Waals surface area (Å²) in [6.07, 6.45) is 0. The molecule has 0 aliphatic heterocycles. The van der Waals surface area contributed by atoms with E-state index < -0.39 is 0 Å². The van der Waals surface area contributed by atoms with Gasteiger partial charge in [0.25, 0.3) is 0 Å². The molecular formula is C16H16BrNOS. The fraction of sp³-hybridized carbons (Fsp3) is 0.188. The summed E-state index contributed by atoms with van der Waals surface area (Å²) in [7, 11) is 0. The van der Waals surface area contributed by atoms with Gasteiger partial charge in [-0.15, -0.1) is 11.8 Å². The van der Waals surface area contributed by atoms with Crippen LogP contribution in [0.25, 0.3) is 0 Å². The molecule has 0 spiro atoms. The van der Waals surface area contributed by atoms with Crippen molar-refractivity contribution < 1.29 is 4.79 Å². The second kappa shape index (κ2) is 7.50. The van der Waals surface area contributed by atoms with Gasteiger partial charge in [0.05, 0.1) is 5.75 Å². The third kappa shape index (κ3) is 5.02. The van der Waals surface area contributed by atoms with Crippen molar-refractivity contribution in [3.05, 3.63) is 64.1 Å². The third-order valence-corrected chi connectivity index (χ3v) is 4.23. The van der Waals surface area contributed by atoms with Gasteiger partial charge in [-0.3, -0.25) is 4.79 Å². The first-order chi connectivity index (χ1) is 9.63. The van der Waals surface area contributed by atoms with Crippen LogP contribution in [0.4, 0.5) is 5.69 Å². The molecular weight excluding hydrogens is 334 g/mol. The lowest BCUT2D eigenvalue weighted by Gasteiger charge is -2.06. The molecule has 2 rings (SSSR count). The number of hydrogen-bond acceptors (Lipinski definition) is 2. The molecule has 0 fully saturated rings. The van der Waals surface area contributed by atoms with Gasteiger partial charge < -0.3 is 5.32 Å². The summed E-state index contributed by atoms with van der Waals surface area (Å²) < 4.78 is 0.961. The SMILES string of the molecule is Cc1ccc(CSCC(=O)Nc2cccc(Br)c2)cc1. The van der Waals surface area contributed by atoms with Crippen molar-refractivity contribution in [1.29, 1.82) is 0 Å². The first kappa shape index (κ1) is 15.1. The van der Waals surface area contributed by atoms with Crippen LogP contribution in [0.15, 0.2) is 53.0 Å². The Morgan fingerprint density at radius 3 is 2.65 bits per heavy atom. The summed E-state index contributed by atoms with van der Waals surface area (Å²) in [6, 6.07) is 16.0. The highest BCUT2D eigenvalue weighted by molar-refractivity contribution is 9.10. The number of carbonyl (C=O) groups is 1. The number of benzene rings is 2. The van der Waals surface area contributed by atoms with Gasteiger partial charge >= 0.3 is 0 Å². The summed E-state index contributed by atoms with van der Waals surface area (Å²) >= 11 is 5.00. The average Bonchev–Trinajstić information content (AvgIpc) is 2.41. The van der Waals surface area contributed by atoms with E-state index in [9.17, 15) is 4.79 Å². The summed E-state index contributed by atoms with van der Waals surface area (Å²) in [5, 5.41) is 2.89. The number of thioether (sulfide) groups is 1. The van der Waals surface area contributed by atoms with Gasteiger partial charge in [-0.05, 0) is 30.7 Å². The second-order valence-electron chi connectivity index (χ2n) is 4.54. The van der Waals surface area contributed by atoms with Crippen molar-refractivity contribution in [2.45, 2.75) is 12.7 Å². The van der Waals surface area contributed by atoms with Crippen molar-refractivity contribution in [3.63, 3.8) is 0 Å². The van der Waals surface area contributed by atoms with Crippen LogP contribution >= 0.6 is 27.7 Å². The van der Waals surface area contributed by atoms with Gasteiger partial charge in [-0.25, -0.2) is 0 Å². The molecule has 0 aliphatic carbocycles. The molecule has 1 N–H and O–H groups in total. The zero-order valence-corrected chi connectivity index (χ0v) is 13.6. The maximum atomic E-state index is 11.8. The highest BCUT2D eigenvalue weighted by atomic mass is 79.9. The molecule has 0 saturated heterocycles. The van der Waals surface area contributed by atoms with E-state index in [1.54, 1.807) is 11.8 Å². The van der Waals surface area contributed by atoms with Crippen molar-refractivity contribution in [3.8, 4) is 0 Å². The standard InChI is InChI=1S/C16H16BrNOS/c1-12-5-7-13(8-6-12)10-20-11-16(19)18-15-4-2-3-14(17)9-15/h2-9H,10-11H2,1H3,(H,18,19). The number of aryl methyl sites for hydroxylation is 1. The van der Waals surface area contributed by atoms with Crippen molar-refractivity contribution in [1.82, 2.24) is 0 Å². The highest BCUT2D eigenvalue weighted by Crippen LogP contribution is 2.17. The Bertz CT molecular complexity index is 583. The van der Waals surface area contributed by atoms with Gasteiger partial charge in [0, 0.05) is 15.9 Å². The van der Waals surface area contributed by atoms with E-state index in [-0.39, 0.29) is 5.91 Å². The van der Waals surface area contributed by atoms with Crippen molar-refractivity contribution >= 4 is 39.3 Å². The molecule has 1 amide bonds. The number of anilines is 1. The molecule has 0 aliphatic rings. The van der Waals surface area contributed by atoms with Gasteiger partial charge in [0.1, 0.15) is 0 Å². The van der Waals surface area contributed by atoms with Gasteiger partial charge in [-0.1, -0.05) is 51.8 Å². The molecule has 2 aromatic rings. The maximum absolute atomic E-state index is 11.8. The second-order valence-corrected chi connectivity index (χ2v) is 6.44. The summed E-state index contributed by atoms with van der Waals surface area (Å²) in [5.74, 6) is 1.34. The molecule has 0 atom stereocenters. The van der Waals surface area contributed by atoms with Crippen LogP contribution in [-0.4, -0.2) is 11.7 Å². The van der Waals surface area contributed by atoms with Crippen LogP contribution in [0.5, 0.6) is 0 Å². The van der Waals surface area contributed by atoms with Crippen molar-refractivity contribution in [2.75, 3.05) is 11.1 Å². The largest absolute Gasteiger partial charge is 0.325 e. The monoisotopic (exact) mass is 349 g/mol. The molecule has 20 heavy (non-hydrogen) atoms. The van der Waals surface area contributed by atoms with Gasteiger partial charge in [-0.2, -0.15) is 0 Å². The summed E-state index contributed by atoms with van der Waals surface area (Å²) in [4.78, 5) is 11.8. The normalized spacial score (nSPS) is 10.3. The third-order valence-electron chi connectivity index (χ3n) is 2.73. The molecule has 0 unspecified atom stereocenters. The van der Waals surface area contributed by atoms with E-state index in [0.717, 1.165) is 15.9 Å². The van der Waals surface area contributed by atoms with E-state index in [0.29, 0.717) is 5.75 Å². The molecule has 104 valence electrons. The lowest BCUT2D eigenvalue weighted by Crippen LogP contribution is -2.14. The minimum absolute atomic E-state index is 0.0280. The molecule has 0 aromatic heterocycles. The Labute approximate surface area is 132 Å². The predicted molar refractivity (Wildman–Crippen MR) is 90.1 cm³/mol. The van der Waals surface area contributed by atoms with E-state index >= 15 is 0 Å². The number of hydrogen-bond donors (Lipinski definition) is 1. The number of nitrogens with one attached hydrogen (secondary N) is 1. The minimum atomic E-state index is 0.0280. The van der Waals surface area contributed by atoms with E-state index in [1.807, 2.05) is 24.3 Å². The molecule has 0 saturated carbocycles. The fourth-order valence-electron chi connectivity index (χ4n) is 1.71. The molecule has 0 radical (unpaired) electrons. The Kier molecular flexibility index (Phi) is 5.68. The van der Waals surface area contributed by atoms with E-state index in [1.165, 1.54) is 11.1 Å². The minimum Gasteiger partial charge on any atom is -0.325 e. The number of halogens is 1. The van der Waals surface area contributed by atoms with E-state index in [2.05, 4.69) is 52.4 Å². The lowest BCUT2D eigenvalue weighted by atomic mass is 10.2. The lowest BCUT2D eigenvalue weighted by molar-refractivity contribution is -0.113. The number of carbonyl (C=O) groups excluding carboxylic acids is 1. The van der Waals surface area contributed by atoms with Crippen LogP contribution in [0, 0.1) is 6.92 Å². The zero-order chi connectivity index (χ0) is 14.4. The van der Waals surface area contributed by atoms with Crippen molar-refractivity contribution in [2.24, 2.45) is 0 Å². The maximum Gasteiger partial charge on any atom is 0.234 e. The van der Waals surface area contributed by atoms with Crippen LogP contribution < -0.4 is 5.32 Å². The van der Waals surface area contributed by atoms with Crippen LogP contribution in [-0.2, 0) is 10.5 Å². The first-order valence-electron chi connectivity index (χ1n) is 6.32. The summed E-state index contributed by atoms with van der Waals surface area (Å²) in [6.45, 7) is 2.07. The Morgan fingerprint density at radius 2 is 1.95 bits per heavy atom. The van der Waals surface area contributed by atoms with Crippen LogP contribution in [0.3, 0.4) is 0 Å². The first-order valence-corrected chi connectivity index (χ1v) is 8.27. The Hall–Kier alpha value is -1.26. The van der Waals surface area contributed by atoms with Crippen LogP contribution in [0.2, 0.25) is 0 Å². The number of amides is 1. The Balaban J connectivity index is 1.76. The Morgan fingerprint density at radius 1 is 1.20 bits per heavy atom. The molecule has 0 bridgehead atoms. The fourth-order valence-corrected chi connectivity index (χ4v) is 2.90. The topological polar surface area (TPSA) is 29.1 Å². The zero-order valence-electron chi connectivity index (χ0n) is 11.2. The molecule has 2 aromatic carbocycles. The van der Waals surface area contributed by atoms with Gasteiger partial charge in [0.2, 0.25) is 5.91 Å². The number of rotatable bonds is 5. The molecule has 2 nitrogen and oxygen atoms in total. The molecule has 0 heterocycles. The quantitative estimate of drug-likeness (QED) is 0.852. The molecule has 4 heteroatoms. The van der Waals surface area contributed by atoms with Crippen LogP contribution in [0.1, 0.15) is 11.1 Å². The average molecular weight is 350 g/mol. The summed E-state index contributed by atoms with van der Waals surface area (Å²) in [5.41, 5.74) is 3.32. The highest BCUT2D eigenvalue weighted by Gasteiger charge is 2.03. The van der Waals surface area contributed by atoms with E-state index in [4.69, 9.17) is 0 Å².